The average molecular weight is 344 g/mol. The number of hydrogen-bond acceptors (Lipinski definition) is 4. The van der Waals surface area contributed by atoms with Gasteiger partial charge >= 0.3 is 5.97 Å². The molecule has 1 saturated heterocycles. The second-order valence-corrected chi connectivity index (χ2v) is 8.20. The molecule has 0 saturated carbocycles. The van der Waals surface area contributed by atoms with Crippen LogP contribution in [0.25, 0.3) is 0 Å². The number of rotatable bonds is 4. The number of ether oxygens (including phenoxy) is 2. The number of esters is 1. The zero-order valence-corrected chi connectivity index (χ0v) is 15.8. The van der Waals surface area contributed by atoms with Gasteiger partial charge in [-0.2, -0.15) is 0 Å². The van der Waals surface area contributed by atoms with Crippen LogP contribution in [0.1, 0.15) is 47.0 Å². The van der Waals surface area contributed by atoms with Crippen LogP contribution >= 0.6 is 0 Å². The molecule has 0 unspecified atom stereocenters. The minimum atomic E-state index is -0.732. The Morgan fingerprint density at radius 1 is 1.52 bits per heavy atom. The van der Waals surface area contributed by atoms with Gasteiger partial charge in [-0.3, -0.25) is 9.59 Å². The molecule has 2 bridgehead atoms. The van der Waals surface area contributed by atoms with Crippen molar-refractivity contribution in [3.63, 3.8) is 0 Å². The van der Waals surface area contributed by atoms with Gasteiger partial charge in [-0.15, -0.1) is 6.58 Å². The molecule has 3 rings (SSSR count). The Morgan fingerprint density at radius 3 is 2.76 bits per heavy atom. The molecule has 2 aliphatic heterocycles. The second-order valence-electron chi connectivity index (χ2n) is 8.20. The normalized spacial score (nSPS) is 39.6. The van der Waals surface area contributed by atoms with E-state index in [-0.39, 0.29) is 30.0 Å². The predicted octanol–water partition coefficient (Wildman–Crippen LogP) is 3.77. The number of carbonyl (C=O) groups excluding carboxylic acids is 2. The van der Waals surface area contributed by atoms with Gasteiger partial charge < -0.3 is 9.47 Å². The van der Waals surface area contributed by atoms with Gasteiger partial charge in [0.2, 0.25) is 0 Å². The fourth-order valence-electron chi connectivity index (χ4n) is 5.13. The number of methoxy groups -OCH3 is 1. The van der Waals surface area contributed by atoms with Crippen LogP contribution in [0.15, 0.2) is 36.0 Å². The van der Waals surface area contributed by atoms with Crippen molar-refractivity contribution in [3.8, 4) is 0 Å². The largest absolute Gasteiger partial charge is 0.469 e. The fraction of sp³-hybridized carbons (Fsp3) is 0.619. The highest BCUT2D eigenvalue weighted by Crippen LogP contribution is 2.65. The summed E-state index contributed by atoms with van der Waals surface area (Å²) in [4.78, 5) is 25.0. The standard InChI is InChI=1S/C21H28O4/c1-7-20-12-19(5)17(22)10-15(13(2)3)21(19,25-20)9-8-14(4)16(20)11-18(23)24-6/h7-8,10,13,16H,1,9,11-12H2,2-6H3/t16-,19-,20+,21-/m1/s1. The molecule has 3 aliphatic rings. The lowest BCUT2D eigenvalue weighted by molar-refractivity contribution is -0.146. The molecule has 0 amide bonds. The van der Waals surface area contributed by atoms with E-state index in [9.17, 15) is 9.59 Å². The highest BCUT2D eigenvalue weighted by molar-refractivity contribution is 6.01. The van der Waals surface area contributed by atoms with Gasteiger partial charge in [0.1, 0.15) is 5.60 Å². The lowest BCUT2D eigenvalue weighted by Gasteiger charge is -2.39. The van der Waals surface area contributed by atoms with Gasteiger partial charge in [-0.05, 0) is 44.3 Å². The summed E-state index contributed by atoms with van der Waals surface area (Å²) < 4.78 is 11.7. The number of carbonyl (C=O) groups is 2. The van der Waals surface area contributed by atoms with Gasteiger partial charge in [0, 0.05) is 5.92 Å². The van der Waals surface area contributed by atoms with Gasteiger partial charge in [0.05, 0.1) is 24.5 Å². The molecule has 0 aromatic heterocycles. The highest BCUT2D eigenvalue weighted by Gasteiger charge is 2.70. The van der Waals surface area contributed by atoms with E-state index in [4.69, 9.17) is 9.47 Å². The number of ketones is 1. The first-order valence-corrected chi connectivity index (χ1v) is 8.99. The Balaban J connectivity index is 2.16. The van der Waals surface area contributed by atoms with Crippen molar-refractivity contribution in [1.82, 2.24) is 0 Å². The summed E-state index contributed by atoms with van der Waals surface area (Å²) in [5, 5.41) is 0. The van der Waals surface area contributed by atoms with E-state index in [0.29, 0.717) is 12.8 Å². The van der Waals surface area contributed by atoms with Gasteiger partial charge in [0.25, 0.3) is 0 Å². The molecule has 25 heavy (non-hydrogen) atoms. The fourth-order valence-corrected chi connectivity index (χ4v) is 5.13. The minimum absolute atomic E-state index is 0.129. The maximum absolute atomic E-state index is 13.0. The smallest absolute Gasteiger partial charge is 0.306 e. The van der Waals surface area contributed by atoms with E-state index >= 15 is 0 Å². The predicted molar refractivity (Wildman–Crippen MR) is 95.9 cm³/mol. The van der Waals surface area contributed by atoms with Crippen molar-refractivity contribution in [2.45, 2.75) is 58.2 Å². The van der Waals surface area contributed by atoms with Crippen LogP contribution in [0.5, 0.6) is 0 Å². The van der Waals surface area contributed by atoms with E-state index in [1.165, 1.54) is 7.11 Å². The summed E-state index contributed by atoms with van der Waals surface area (Å²) in [6.07, 6.45) is 7.17. The first-order valence-electron chi connectivity index (χ1n) is 8.99. The third-order valence-corrected chi connectivity index (χ3v) is 6.60. The number of fused-ring (bicyclic) bond motifs is 1. The van der Waals surface area contributed by atoms with Crippen LogP contribution in [0.3, 0.4) is 0 Å². The van der Waals surface area contributed by atoms with Crippen LogP contribution in [0.2, 0.25) is 0 Å². The molecule has 0 aromatic carbocycles. The van der Waals surface area contributed by atoms with Crippen molar-refractivity contribution in [2.75, 3.05) is 7.11 Å². The highest BCUT2D eigenvalue weighted by atomic mass is 16.5. The van der Waals surface area contributed by atoms with Crippen LogP contribution in [-0.4, -0.2) is 30.1 Å². The van der Waals surface area contributed by atoms with Crippen LogP contribution < -0.4 is 0 Å². The van der Waals surface area contributed by atoms with Crippen molar-refractivity contribution >= 4 is 11.8 Å². The summed E-state index contributed by atoms with van der Waals surface area (Å²) in [6, 6.07) is 0. The van der Waals surface area contributed by atoms with E-state index in [1.807, 2.05) is 13.8 Å². The van der Waals surface area contributed by atoms with Crippen molar-refractivity contribution < 1.29 is 19.1 Å². The van der Waals surface area contributed by atoms with Crippen LogP contribution in [0.4, 0.5) is 0 Å². The Bertz CT molecular complexity index is 701. The molecule has 1 fully saturated rings. The Kier molecular flexibility index (Phi) is 4.11. The van der Waals surface area contributed by atoms with Gasteiger partial charge in [0.15, 0.2) is 5.78 Å². The van der Waals surface area contributed by atoms with E-state index < -0.39 is 16.6 Å². The Labute approximate surface area is 150 Å². The SMILES string of the molecule is C=C[C@]12C[C@]3(C)C(=O)C=C(C(C)C)[C@@]3(CC=C(C)[C@H]1CC(=O)OC)O2. The summed E-state index contributed by atoms with van der Waals surface area (Å²) in [5.74, 6) is -0.0888. The number of hydrogen-bond donors (Lipinski definition) is 0. The number of allylic oxidation sites excluding steroid dienone is 1. The first-order chi connectivity index (χ1) is 11.7. The zero-order chi connectivity index (χ0) is 18.6. The maximum atomic E-state index is 13.0. The molecule has 0 radical (unpaired) electrons. The van der Waals surface area contributed by atoms with Crippen LogP contribution in [-0.2, 0) is 19.1 Å². The van der Waals surface area contributed by atoms with E-state index in [2.05, 4.69) is 26.5 Å². The average Bonchev–Trinajstić information content (AvgIpc) is 2.90. The molecule has 0 aromatic rings. The molecular formula is C21H28O4. The summed E-state index contributed by atoms with van der Waals surface area (Å²) in [6.45, 7) is 12.3. The van der Waals surface area contributed by atoms with Gasteiger partial charge in [-0.25, -0.2) is 0 Å². The van der Waals surface area contributed by atoms with Crippen molar-refractivity contribution in [1.29, 1.82) is 0 Å². The van der Waals surface area contributed by atoms with E-state index in [0.717, 1.165) is 11.1 Å². The van der Waals surface area contributed by atoms with Crippen molar-refractivity contribution in [3.05, 3.63) is 36.0 Å². The molecule has 4 atom stereocenters. The Hall–Kier alpha value is -1.68. The summed E-state index contributed by atoms with van der Waals surface area (Å²) in [7, 11) is 1.40. The quantitative estimate of drug-likeness (QED) is 0.575. The monoisotopic (exact) mass is 344 g/mol. The van der Waals surface area contributed by atoms with Crippen LogP contribution in [0, 0.1) is 17.3 Å². The molecule has 0 N–H and O–H groups in total. The third kappa shape index (κ3) is 2.23. The lowest BCUT2D eigenvalue weighted by atomic mass is 9.63. The molecule has 4 nitrogen and oxygen atoms in total. The molecule has 2 heterocycles. The first kappa shape index (κ1) is 18.1. The molecule has 4 heteroatoms. The third-order valence-electron chi connectivity index (χ3n) is 6.60. The summed E-state index contributed by atoms with van der Waals surface area (Å²) in [5.41, 5.74) is 0.174. The van der Waals surface area contributed by atoms with E-state index in [1.54, 1.807) is 12.2 Å². The topological polar surface area (TPSA) is 52.6 Å². The molecule has 1 aliphatic carbocycles. The van der Waals surface area contributed by atoms with Gasteiger partial charge in [-0.1, -0.05) is 31.6 Å². The molecule has 1 spiro atoms. The molecule has 136 valence electrons. The zero-order valence-electron chi connectivity index (χ0n) is 15.8. The lowest BCUT2D eigenvalue weighted by Crippen LogP contribution is -2.45. The maximum Gasteiger partial charge on any atom is 0.306 e. The minimum Gasteiger partial charge on any atom is -0.469 e. The van der Waals surface area contributed by atoms with Crippen molar-refractivity contribution in [2.24, 2.45) is 17.3 Å². The summed E-state index contributed by atoms with van der Waals surface area (Å²) >= 11 is 0. The second kappa shape index (κ2) is 5.66. The Morgan fingerprint density at radius 2 is 2.20 bits per heavy atom. The molecular weight excluding hydrogens is 316 g/mol.